The van der Waals surface area contributed by atoms with Crippen LogP contribution in [0.15, 0.2) is 47.1 Å². The number of benzene rings is 1. The molecule has 0 N–H and O–H groups in total. The van der Waals surface area contributed by atoms with Crippen LogP contribution < -0.4 is 0 Å². The number of hydrogen-bond donors (Lipinski definition) is 0. The largest absolute Gasteiger partial charge is 0.459 e. The Morgan fingerprint density at radius 2 is 1.70 bits per heavy atom. The first-order valence-corrected chi connectivity index (χ1v) is 11.6. The molecule has 1 aromatic heterocycles. The highest BCUT2D eigenvalue weighted by molar-refractivity contribution is 6.30. The standard InChI is InChI=1S/C24H32ClN3O2/c25-21-7-5-20(6-8-21)9-14-27-15-10-22(11-16-27)28(18-17-26-12-1-2-13-26)24(29)23-4-3-19-30-23/h3-8,19,22H,1-2,9-18H2. The summed E-state index contributed by atoms with van der Waals surface area (Å²) in [4.78, 5) is 20.2. The van der Waals surface area contributed by atoms with Crippen molar-refractivity contribution in [1.29, 1.82) is 0 Å². The highest BCUT2D eigenvalue weighted by Gasteiger charge is 2.30. The first kappa shape index (κ1) is 21.4. The lowest BCUT2D eigenvalue weighted by molar-refractivity contribution is 0.0519. The van der Waals surface area contributed by atoms with E-state index in [2.05, 4.69) is 26.8 Å². The van der Waals surface area contributed by atoms with Crippen LogP contribution in [0.25, 0.3) is 0 Å². The summed E-state index contributed by atoms with van der Waals surface area (Å²) in [5, 5.41) is 0.787. The van der Waals surface area contributed by atoms with Crippen molar-refractivity contribution in [3.05, 3.63) is 59.0 Å². The maximum atomic E-state index is 13.1. The van der Waals surface area contributed by atoms with Gasteiger partial charge in [0.2, 0.25) is 0 Å². The summed E-state index contributed by atoms with van der Waals surface area (Å²) in [5.41, 5.74) is 1.32. The van der Waals surface area contributed by atoms with Crippen LogP contribution in [0, 0.1) is 0 Å². The monoisotopic (exact) mass is 429 g/mol. The average Bonchev–Trinajstić information content (AvgIpc) is 3.49. The molecule has 2 aromatic rings. The molecular weight excluding hydrogens is 398 g/mol. The van der Waals surface area contributed by atoms with Crippen molar-refractivity contribution in [2.45, 2.75) is 38.1 Å². The number of carbonyl (C=O) groups excluding carboxylic acids is 1. The molecule has 2 saturated heterocycles. The molecule has 30 heavy (non-hydrogen) atoms. The number of likely N-dealkylation sites (tertiary alicyclic amines) is 2. The molecule has 162 valence electrons. The third-order valence-corrected chi connectivity index (χ3v) is 6.73. The van der Waals surface area contributed by atoms with Gasteiger partial charge in [0.15, 0.2) is 5.76 Å². The molecule has 1 aromatic carbocycles. The summed E-state index contributed by atoms with van der Waals surface area (Å²) in [6.07, 6.45) is 7.22. The zero-order chi connectivity index (χ0) is 20.8. The Kier molecular flexibility index (Phi) is 7.47. The van der Waals surface area contributed by atoms with E-state index in [1.54, 1.807) is 18.4 Å². The van der Waals surface area contributed by atoms with Gasteiger partial charge in [-0.15, -0.1) is 0 Å². The van der Waals surface area contributed by atoms with Crippen molar-refractivity contribution in [2.24, 2.45) is 0 Å². The highest BCUT2D eigenvalue weighted by atomic mass is 35.5. The molecule has 5 nitrogen and oxygen atoms in total. The second-order valence-electron chi connectivity index (χ2n) is 8.47. The molecule has 4 rings (SSSR count). The Labute approximate surface area is 184 Å². The van der Waals surface area contributed by atoms with Gasteiger partial charge in [-0.25, -0.2) is 0 Å². The van der Waals surface area contributed by atoms with E-state index in [0.717, 1.165) is 70.1 Å². The summed E-state index contributed by atoms with van der Waals surface area (Å²) in [6, 6.07) is 12.0. The minimum atomic E-state index is 0.0406. The van der Waals surface area contributed by atoms with Crippen LogP contribution in [0.4, 0.5) is 0 Å². The first-order chi connectivity index (χ1) is 14.7. The highest BCUT2D eigenvalue weighted by Crippen LogP contribution is 2.21. The van der Waals surface area contributed by atoms with E-state index in [1.165, 1.54) is 18.4 Å². The zero-order valence-corrected chi connectivity index (χ0v) is 18.4. The molecule has 2 aliphatic heterocycles. The molecule has 0 bridgehead atoms. The maximum Gasteiger partial charge on any atom is 0.289 e. The summed E-state index contributed by atoms with van der Waals surface area (Å²) in [7, 11) is 0. The average molecular weight is 430 g/mol. The second-order valence-corrected chi connectivity index (χ2v) is 8.91. The molecule has 3 heterocycles. The molecule has 0 atom stereocenters. The fraction of sp³-hybridized carbons (Fsp3) is 0.542. The third kappa shape index (κ3) is 5.65. The third-order valence-electron chi connectivity index (χ3n) is 6.48. The van der Waals surface area contributed by atoms with Gasteiger partial charge in [-0.3, -0.25) is 4.79 Å². The van der Waals surface area contributed by atoms with E-state index >= 15 is 0 Å². The van der Waals surface area contributed by atoms with Crippen LogP contribution >= 0.6 is 11.6 Å². The zero-order valence-electron chi connectivity index (χ0n) is 17.6. The fourth-order valence-electron chi connectivity index (χ4n) is 4.64. The summed E-state index contributed by atoms with van der Waals surface area (Å²) >= 11 is 5.98. The second kappa shape index (κ2) is 10.5. The van der Waals surface area contributed by atoms with Crippen molar-refractivity contribution >= 4 is 17.5 Å². The van der Waals surface area contributed by atoms with Crippen LogP contribution in [0.2, 0.25) is 5.02 Å². The summed E-state index contributed by atoms with van der Waals surface area (Å²) in [6.45, 7) is 7.18. The molecule has 0 saturated carbocycles. The minimum Gasteiger partial charge on any atom is -0.459 e. The van der Waals surface area contributed by atoms with E-state index in [1.807, 2.05) is 12.1 Å². The van der Waals surface area contributed by atoms with Gasteiger partial charge in [0.1, 0.15) is 0 Å². The van der Waals surface area contributed by atoms with Gasteiger partial charge in [-0.1, -0.05) is 23.7 Å². The van der Waals surface area contributed by atoms with Gasteiger partial charge in [0, 0.05) is 43.8 Å². The van der Waals surface area contributed by atoms with E-state index in [9.17, 15) is 4.79 Å². The smallest absolute Gasteiger partial charge is 0.289 e. The molecule has 0 spiro atoms. The van der Waals surface area contributed by atoms with Crippen LogP contribution in [0.3, 0.4) is 0 Å². The predicted octanol–water partition coefficient (Wildman–Crippen LogP) is 4.18. The van der Waals surface area contributed by atoms with Crippen LogP contribution in [-0.4, -0.2) is 72.5 Å². The summed E-state index contributed by atoms with van der Waals surface area (Å²) in [5.74, 6) is 0.500. The maximum absolute atomic E-state index is 13.1. The van der Waals surface area contributed by atoms with Crippen molar-refractivity contribution in [1.82, 2.24) is 14.7 Å². The Hall–Kier alpha value is -1.82. The van der Waals surface area contributed by atoms with Crippen LogP contribution in [0.5, 0.6) is 0 Å². The number of piperidine rings is 1. The lowest BCUT2D eigenvalue weighted by atomic mass is 10.0. The van der Waals surface area contributed by atoms with Gasteiger partial charge >= 0.3 is 0 Å². The minimum absolute atomic E-state index is 0.0406. The van der Waals surface area contributed by atoms with E-state index < -0.39 is 0 Å². The van der Waals surface area contributed by atoms with E-state index in [-0.39, 0.29) is 11.9 Å². The molecule has 1 amide bonds. The Balaban J connectivity index is 1.31. The SMILES string of the molecule is O=C(c1ccco1)N(CCN1CCCC1)C1CCN(CCc2ccc(Cl)cc2)CC1. The van der Waals surface area contributed by atoms with Crippen molar-refractivity contribution in [3.63, 3.8) is 0 Å². The molecule has 6 heteroatoms. The van der Waals surface area contributed by atoms with Gasteiger partial charge in [0.05, 0.1) is 6.26 Å². The number of halogens is 1. The topological polar surface area (TPSA) is 39.9 Å². The number of nitrogens with zero attached hydrogens (tertiary/aromatic N) is 3. The van der Waals surface area contributed by atoms with Crippen LogP contribution in [0.1, 0.15) is 41.8 Å². The normalized spacial score (nSPS) is 18.7. The summed E-state index contributed by atoms with van der Waals surface area (Å²) < 4.78 is 5.43. The van der Waals surface area contributed by atoms with Gasteiger partial charge in [-0.05, 0) is 75.0 Å². The number of rotatable bonds is 8. The Morgan fingerprint density at radius 1 is 1.00 bits per heavy atom. The number of carbonyl (C=O) groups is 1. The Bertz CT molecular complexity index is 779. The van der Waals surface area contributed by atoms with E-state index in [0.29, 0.717) is 5.76 Å². The quantitative estimate of drug-likeness (QED) is 0.631. The van der Waals surface area contributed by atoms with Crippen molar-refractivity contribution in [2.75, 3.05) is 45.8 Å². The van der Waals surface area contributed by atoms with Gasteiger partial charge in [0.25, 0.3) is 5.91 Å². The van der Waals surface area contributed by atoms with E-state index in [4.69, 9.17) is 16.0 Å². The van der Waals surface area contributed by atoms with Crippen molar-refractivity contribution in [3.8, 4) is 0 Å². The number of amides is 1. The van der Waals surface area contributed by atoms with Crippen LogP contribution in [-0.2, 0) is 6.42 Å². The predicted molar refractivity (Wildman–Crippen MR) is 120 cm³/mol. The molecule has 0 radical (unpaired) electrons. The fourth-order valence-corrected chi connectivity index (χ4v) is 4.77. The Morgan fingerprint density at radius 3 is 2.37 bits per heavy atom. The number of hydrogen-bond acceptors (Lipinski definition) is 4. The molecular formula is C24H32ClN3O2. The molecule has 0 unspecified atom stereocenters. The molecule has 2 aliphatic rings. The lowest BCUT2D eigenvalue weighted by Gasteiger charge is -2.39. The lowest BCUT2D eigenvalue weighted by Crippen LogP contribution is -2.49. The van der Waals surface area contributed by atoms with Gasteiger partial charge < -0.3 is 19.1 Å². The van der Waals surface area contributed by atoms with Crippen molar-refractivity contribution < 1.29 is 9.21 Å². The molecule has 2 fully saturated rings. The molecule has 0 aliphatic carbocycles. The van der Waals surface area contributed by atoms with Gasteiger partial charge in [-0.2, -0.15) is 0 Å². The first-order valence-electron chi connectivity index (χ1n) is 11.2. The number of furan rings is 1.